The number of amides is 2. The van der Waals surface area contributed by atoms with Crippen LogP contribution in [0.3, 0.4) is 0 Å². The summed E-state index contributed by atoms with van der Waals surface area (Å²) < 4.78 is 26.0. The van der Waals surface area contributed by atoms with Gasteiger partial charge in [0, 0.05) is 45.8 Å². The highest BCUT2D eigenvalue weighted by Gasteiger charge is 2.57. The van der Waals surface area contributed by atoms with Crippen molar-refractivity contribution >= 4 is 21.8 Å². The van der Waals surface area contributed by atoms with E-state index in [0.717, 1.165) is 0 Å². The third-order valence-electron chi connectivity index (χ3n) is 5.61. The smallest absolute Gasteiger partial charge is 0.253 e. The van der Waals surface area contributed by atoms with Gasteiger partial charge in [-0.15, -0.1) is 0 Å². The molecule has 1 aromatic carbocycles. The Labute approximate surface area is 154 Å². The molecular weight excluding hydrogens is 354 g/mol. The van der Waals surface area contributed by atoms with Crippen LogP contribution in [0.4, 0.5) is 0 Å². The first-order valence-electron chi connectivity index (χ1n) is 8.71. The van der Waals surface area contributed by atoms with Crippen molar-refractivity contribution in [2.45, 2.75) is 18.9 Å². The molecule has 1 aromatic rings. The van der Waals surface area contributed by atoms with Crippen molar-refractivity contribution in [2.75, 3.05) is 40.0 Å². The molecule has 2 aliphatic heterocycles. The molecule has 0 aliphatic carbocycles. The fourth-order valence-electron chi connectivity index (χ4n) is 4.20. The van der Waals surface area contributed by atoms with Crippen molar-refractivity contribution in [3.05, 3.63) is 35.9 Å². The number of likely N-dealkylation sites (tertiary alicyclic amines) is 1. The molecule has 0 radical (unpaired) electrons. The summed E-state index contributed by atoms with van der Waals surface area (Å²) in [7, 11) is 1.54. The van der Waals surface area contributed by atoms with Crippen LogP contribution in [0.1, 0.15) is 23.2 Å². The fourth-order valence-corrected chi connectivity index (χ4v) is 5.81. The minimum Gasteiger partial charge on any atom is -0.348 e. The second-order valence-corrected chi connectivity index (χ2v) is 9.48. The van der Waals surface area contributed by atoms with Gasteiger partial charge in [0.1, 0.15) is 0 Å². The van der Waals surface area contributed by atoms with Gasteiger partial charge in [-0.1, -0.05) is 18.2 Å². The van der Waals surface area contributed by atoms with Gasteiger partial charge < -0.3 is 9.80 Å². The normalized spacial score (nSPS) is 28.3. The van der Waals surface area contributed by atoms with Crippen LogP contribution in [0.25, 0.3) is 0 Å². The molecule has 0 bridgehead atoms. The van der Waals surface area contributed by atoms with Crippen LogP contribution < -0.4 is 0 Å². The maximum Gasteiger partial charge on any atom is 0.253 e. The van der Waals surface area contributed by atoms with Crippen LogP contribution in [-0.2, 0) is 14.8 Å². The van der Waals surface area contributed by atoms with Crippen molar-refractivity contribution < 1.29 is 18.0 Å². The maximum absolute atomic E-state index is 13.1. The Balaban J connectivity index is 1.96. The standard InChI is InChI=1S/C18H25N3O4S/c1-19(2)17(23)18-10-12-26(24,25)20(3)15(18)9-11-21(13-18)16(22)14-7-5-4-6-8-14/h4-8,15H,9-13H2,1-3H3/t15-,18+/m1/s1. The van der Waals surface area contributed by atoms with Crippen LogP contribution in [0.5, 0.6) is 0 Å². The number of sulfonamides is 1. The first kappa shape index (κ1) is 18.8. The zero-order chi connectivity index (χ0) is 19.1. The van der Waals surface area contributed by atoms with E-state index in [0.29, 0.717) is 18.5 Å². The molecule has 26 heavy (non-hydrogen) atoms. The summed E-state index contributed by atoms with van der Waals surface area (Å²) in [4.78, 5) is 29.2. The maximum atomic E-state index is 13.1. The van der Waals surface area contributed by atoms with Gasteiger partial charge in [0.15, 0.2) is 0 Å². The number of carbonyl (C=O) groups is 2. The number of rotatable bonds is 2. The van der Waals surface area contributed by atoms with Crippen LogP contribution in [-0.4, -0.2) is 80.4 Å². The van der Waals surface area contributed by atoms with Crippen molar-refractivity contribution in [2.24, 2.45) is 5.41 Å². The molecule has 8 heteroatoms. The molecule has 2 heterocycles. The van der Waals surface area contributed by atoms with E-state index in [-0.39, 0.29) is 30.5 Å². The highest BCUT2D eigenvalue weighted by Crippen LogP contribution is 2.43. The minimum atomic E-state index is -3.36. The largest absolute Gasteiger partial charge is 0.348 e. The topological polar surface area (TPSA) is 78.0 Å². The second-order valence-electron chi connectivity index (χ2n) is 7.34. The lowest BCUT2D eigenvalue weighted by atomic mass is 9.72. The van der Waals surface area contributed by atoms with Gasteiger partial charge in [0.25, 0.3) is 5.91 Å². The number of carbonyl (C=O) groups excluding carboxylic acids is 2. The molecule has 2 atom stereocenters. The van der Waals surface area contributed by atoms with Crippen molar-refractivity contribution in [1.82, 2.24) is 14.1 Å². The molecule has 7 nitrogen and oxygen atoms in total. The summed E-state index contributed by atoms with van der Waals surface area (Å²) in [6.07, 6.45) is 0.688. The number of nitrogens with zero attached hydrogens (tertiary/aromatic N) is 3. The van der Waals surface area contributed by atoms with E-state index in [1.54, 1.807) is 38.2 Å². The lowest BCUT2D eigenvalue weighted by Crippen LogP contribution is -2.67. The molecule has 0 unspecified atom stereocenters. The second kappa shape index (κ2) is 6.66. The van der Waals surface area contributed by atoms with Gasteiger partial charge >= 0.3 is 0 Å². The Morgan fingerprint density at radius 1 is 1.19 bits per heavy atom. The summed E-state index contributed by atoms with van der Waals surface area (Å²) in [6.45, 7) is 0.670. The molecule has 3 rings (SSSR count). The molecule has 0 N–H and O–H groups in total. The monoisotopic (exact) mass is 379 g/mol. The van der Waals surface area contributed by atoms with Crippen LogP contribution in [0, 0.1) is 5.41 Å². The first-order chi connectivity index (χ1) is 12.2. The quantitative estimate of drug-likeness (QED) is 0.756. The van der Waals surface area contributed by atoms with Crippen LogP contribution >= 0.6 is 0 Å². The molecular formula is C18H25N3O4S. The fraction of sp³-hybridized carbons (Fsp3) is 0.556. The number of piperidine rings is 1. The molecule has 2 saturated heterocycles. The third kappa shape index (κ3) is 3.01. The zero-order valence-electron chi connectivity index (χ0n) is 15.4. The van der Waals surface area contributed by atoms with Gasteiger partial charge in [-0.25, -0.2) is 12.7 Å². The number of hydrogen-bond acceptors (Lipinski definition) is 4. The molecule has 2 aliphatic rings. The van der Waals surface area contributed by atoms with E-state index >= 15 is 0 Å². The van der Waals surface area contributed by atoms with E-state index in [1.165, 1.54) is 9.21 Å². The number of benzene rings is 1. The summed E-state index contributed by atoms with van der Waals surface area (Å²) in [5.41, 5.74) is -0.318. The molecule has 2 amide bonds. The minimum absolute atomic E-state index is 0.0764. The third-order valence-corrected chi connectivity index (χ3v) is 7.46. The first-order valence-corrected chi connectivity index (χ1v) is 10.3. The van der Waals surface area contributed by atoms with Gasteiger partial charge in [-0.2, -0.15) is 0 Å². The Kier molecular flexibility index (Phi) is 4.83. The van der Waals surface area contributed by atoms with E-state index in [4.69, 9.17) is 0 Å². The number of hydrogen-bond donors (Lipinski definition) is 0. The lowest BCUT2D eigenvalue weighted by Gasteiger charge is -2.53. The van der Waals surface area contributed by atoms with E-state index in [2.05, 4.69) is 0 Å². The highest BCUT2D eigenvalue weighted by molar-refractivity contribution is 7.89. The van der Waals surface area contributed by atoms with Gasteiger partial charge in [-0.05, 0) is 25.0 Å². The lowest BCUT2D eigenvalue weighted by molar-refractivity contribution is -0.147. The van der Waals surface area contributed by atoms with Crippen molar-refractivity contribution in [1.29, 1.82) is 0 Å². The van der Waals surface area contributed by atoms with Crippen LogP contribution in [0.2, 0.25) is 0 Å². The average molecular weight is 379 g/mol. The summed E-state index contributed by atoms with van der Waals surface area (Å²) >= 11 is 0. The predicted octanol–water partition coefficient (Wildman–Crippen LogP) is 0.641. The molecule has 0 saturated carbocycles. The molecule has 2 fully saturated rings. The van der Waals surface area contributed by atoms with Gasteiger partial charge in [0.2, 0.25) is 15.9 Å². The summed E-state index contributed by atoms with van der Waals surface area (Å²) in [5.74, 6) is -0.312. The zero-order valence-corrected chi connectivity index (χ0v) is 16.2. The van der Waals surface area contributed by atoms with E-state index in [9.17, 15) is 18.0 Å². The highest BCUT2D eigenvalue weighted by atomic mass is 32.2. The van der Waals surface area contributed by atoms with Crippen molar-refractivity contribution in [3.63, 3.8) is 0 Å². The SMILES string of the molecule is CN(C)C(=O)[C@]12CCS(=O)(=O)N(C)[C@@H]1CCN(C(=O)c1ccccc1)C2. The Morgan fingerprint density at radius 2 is 1.85 bits per heavy atom. The molecule has 0 spiro atoms. The predicted molar refractivity (Wildman–Crippen MR) is 98.0 cm³/mol. The Morgan fingerprint density at radius 3 is 2.46 bits per heavy atom. The Bertz CT molecular complexity index is 809. The van der Waals surface area contributed by atoms with Crippen LogP contribution in [0.15, 0.2) is 30.3 Å². The summed E-state index contributed by atoms with van der Waals surface area (Å²) in [6, 6.07) is 8.55. The average Bonchev–Trinajstić information content (AvgIpc) is 2.64. The molecule has 142 valence electrons. The van der Waals surface area contributed by atoms with E-state index in [1.807, 2.05) is 18.2 Å². The number of fused-ring (bicyclic) bond motifs is 1. The molecule has 0 aromatic heterocycles. The van der Waals surface area contributed by atoms with Gasteiger partial charge in [0.05, 0.1) is 11.2 Å². The Hall–Kier alpha value is -1.93. The van der Waals surface area contributed by atoms with Crippen molar-refractivity contribution in [3.8, 4) is 0 Å². The summed E-state index contributed by atoms with van der Waals surface area (Å²) in [5, 5.41) is 0. The van der Waals surface area contributed by atoms with Gasteiger partial charge in [-0.3, -0.25) is 9.59 Å². The van der Waals surface area contributed by atoms with E-state index < -0.39 is 21.5 Å².